The molecule has 2 aromatic rings. The molecule has 4 nitrogen and oxygen atoms in total. The standard InChI is InChI=1S/C15H16N2O2/c1-11-5-4-6-13(14(11)19-3)17(2)15(18)12-7-9-16-10-8-12/h4-10H,1-3H3. The third-order valence-corrected chi connectivity index (χ3v) is 2.99. The molecule has 0 aliphatic rings. The van der Waals surface area contributed by atoms with Gasteiger partial charge in [-0.15, -0.1) is 0 Å². The van der Waals surface area contributed by atoms with Gasteiger partial charge in [0.25, 0.3) is 5.91 Å². The van der Waals surface area contributed by atoms with Gasteiger partial charge in [-0.05, 0) is 30.7 Å². The Balaban J connectivity index is 2.37. The predicted octanol–water partition coefficient (Wildman–Crippen LogP) is 2.68. The summed E-state index contributed by atoms with van der Waals surface area (Å²) in [5.41, 5.74) is 2.35. The van der Waals surface area contributed by atoms with Crippen molar-refractivity contribution in [2.45, 2.75) is 6.92 Å². The van der Waals surface area contributed by atoms with Gasteiger partial charge in [-0.25, -0.2) is 0 Å². The molecule has 0 fully saturated rings. The monoisotopic (exact) mass is 256 g/mol. The lowest BCUT2D eigenvalue weighted by atomic mass is 10.1. The number of para-hydroxylation sites is 1. The average molecular weight is 256 g/mol. The van der Waals surface area contributed by atoms with Crippen LogP contribution in [0.4, 0.5) is 5.69 Å². The van der Waals surface area contributed by atoms with Crippen LogP contribution in [0, 0.1) is 6.92 Å². The zero-order chi connectivity index (χ0) is 13.8. The Labute approximate surface area is 112 Å². The molecule has 98 valence electrons. The SMILES string of the molecule is COc1c(C)cccc1N(C)C(=O)c1ccncc1. The van der Waals surface area contributed by atoms with Crippen molar-refractivity contribution in [3.8, 4) is 5.75 Å². The Hall–Kier alpha value is -2.36. The van der Waals surface area contributed by atoms with Crippen molar-refractivity contribution in [2.75, 3.05) is 19.1 Å². The number of amides is 1. The molecule has 0 unspecified atom stereocenters. The number of pyridine rings is 1. The fraction of sp³-hybridized carbons (Fsp3) is 0.200. The van der Waals surface area contributed by atoms with Crippen molar-refractivity contribution in [1.82, 2.24) is 4.98 Å². The van der Waals surface area contributed by atoms with Crippen LogP contribution in [-0.2, 0) is 0 Å². The second-order valence-corrected chi connectivity index (χ2v) is 4.23. The molecule has 2 rings (SSSR count). The fourth-order valence-electron chi connectivity index (χ4n) is 1.96. The van der Waals surface area contributed by atoms with Crippen LogP contribution in [0.1, 0.15) is 15.9 Å². The molecule has 4 heteroatoms. The van der Waals surface area contributed by atoms with Gasteiger partial charge in [0.05, 0.1) is 12.8 Å². The molecule has 0 spiro atoms. The van der Waals surface area contributed by atoms with Crippen LogP contribution in [0.5, 0.6) is 5.75 Å². The van der Waals surface area contributed by atoms with E-state index in [-0.39, 0.29) is 5.91 Å². The van der Waals surface area contributed by atoms with Gasteiger partial charge in [0.1, 0.15) is 5.75 Å². The highest BCUT2D eigenvalue weighted by atomic mass is 16.5. The van der Waals surface area contributed by atoms with E-state index in [2.05, 4.69) is 4.98 Å². The van der Waals surface area contributed by atoms with E-state index in [1.54, 1.807) is 43.6 Å². The quantitative estimate of drug-likeness (QED) is 0.848. The molecular weight excluding hydrogens is 240 g/mol. The van der Waals surface area contributed by atoms with Crippen LogP contribution in [0.25, 0.3) is 0 Å². The van der Waals surface area contributed by atoms with Gasteiger partial charge in [0.2, 0.25) is 0 Å². The first-order valence-corrected chi connectivity index (χ1v) is 5.97. The van der Waals surface area contributed by atoms with Crippen LogP contribution in [0.2, 0.25) is 0 Å². The lowest BCUT2D eigenvalue weighted by Gasteiger charge is -2.21. The Bertz CT molecular complexity index is 582. The van der Waals surface area contributed by atoms with Crippen molar-refractivity contribution in [1.29, 1.82) is 0 Å². The molecule has 0 aliphatic carbocycles. The number of aryl methyl sites for hydroxylation is 1. The smallest absolute Gasteiger partial charge is 0.258 e. The second-order valence-electron chi connectivity index (χ2n) is 4.23. The minimum absolute atomic E-state index is 0.0914. The molecule has 0 saturated carbocycles. The fourth-order valence-corrected chi connectivity index (χ4v) is 1.96. The molecule has 0 radical (unpaired) electrons. The van der Waals surface area contributed by atoms with Crippen LogP contribution in [0.15, 0.2) is 42.7 Å². The molecule has 0 aliphatic heterocycles. The van der Waals surface area contributed by atoms with Gasteiger partial charge in [0.15, 0.2) is 0 Å². The van der Waals surface area contributed by atoms with Gasteiger partial charge < -0.3 is 9.64 Å². The highest BCUT2D eigenvalue weighted by Crippen LogP contribution is 2.31. The first kappa shape index (κ1) is 13.1. The lowest BCUT2D eigenvalue weighted by Crippen LogP contribution is -2.26. The number of benzene rings is 1. The number of hydrogen-bond acceptors (Lipinski definition) is 3. The molecule has 1 aromatic heterocycles. The number of carbonyl (C=O) groups is 1. The second kappa shape index (κ2) is 5.52. The predicted molar refractivity (Wildman–Crippen MR) is 74.7 cm³/mol. The van der Waals surface area contributed by atoms with Crippen molar-refractivity contribution in [2.24, 2.45) is 0 Å². The summed E-state index contributed by atoms with van der Waals surface area (Å²) in [5.74, 6) is 0.624. The summed E-state index contributed by atoms with van der Waals surface area (Å²) in [5, 5.41) is 0. The molecule has 1 amide bonds. The van der Waals surface area contributed by atoms with E-state index >= 15 is 0 Å². The van der Waals surface area contributed by atoms with Crippen molar-refractivity contribution >= 4 is 11.6 Å². The Morgan fingerprint density at radius 2 is 1.89 bits per heavy atom. The maximum absolute atomic E-state index is 12.4. The van der Waals surface area contributed by atoms with Crippen LogP contribution in [-0.4, -0.2) is 25.0 Å². The maximum Gasteiger partial charge on any atom is 0.258 e. The summed E-state index contributed by atoms with van der Waals surface area (Å²) < 4.78 is 5.38. The highest BCUT2D eigenvalue weighted by Gasteiger charge is 2.17. The summed E-state index contributed by atoms with van der Waals surface area (Å²) in [6.45, 7) is 1.95. The van der Waals surface area contributed by atoms with Gasteiger partial charge in [-0.3, -0.25) is 9.78 Å². The lowest BCUT2D eigenvalue weighted by molar-refractivity contribution is 0.0992. The van der Waals surface area contributed by atoms with Crippen LogP contribution >= 0.6 is 0 Å². The number of rotatable bonds is 3. The molecule has 1 aromatic carbocycles. The van der Waals surface area contributed by atoms with Crippen molar-refractivity contribution < 1.29 is 9.53 Å². The van der Waals surface area contributed by atoms with E-state index in [1.807, 2.05) is 25.1 Å². The molecule has 0 bridgehead atoms. The topological polar surface area (TPSA) is 42.4 Å². The van der Waals surface area contributed by atoms with E-state index in [9.17, 15) is 4.79 Å². The normalized spacial score (nSPS) is 10.1. The first-order valence-electron chi connectivity index (χ1n) is 5.97. The molecule has 0 N–H and O–H groups in total. The molecular formula is C15H16N2O2. The summed E-state index contributed by atoms with van der Waals surface area (Å²) in [7, 11) is 3.34. The number of ether oxygens (including phenoxy) is 1. The third kappa shape index (κ3) is 2.57. The van der Waals surface area contributed by atoms with Crippen LogP contribution in [0.3, 0.4) is 0 Å². The van der Waals surface area contributed by atoms with Gasteiger partial charge in [0, 0.05) is 25.0 Å². The average Bonchev–Trinajstić information content (AvgIpc) is 2.46. The van der Waals surface area contributed by atoms with E-state index in [1.165, 1.54) is 0 Å². The van der Waals surface area contributed by atoms with Crippen LogP contribution < -0.4 is 9.64 Å². The number of nitrogens with zero attached hydrogens (tertiary/aromatic N) is 2. The van der Waals surface area contributed by atoms with Gasteiger partial charge in [-0.1, -0.05) is 12.1 Å². The maximum atomic E-state index is 12.4. The van der Waals surface area contributed by atoms with E-state index < -0.39 is 0 Å². The number of methoxy groups -OCH3 is 1. The summed E-state index contributed by atoms with van der Waals surface area (Å²) in [4.78, 5) is 17.9. The third-order valence-electron chi connectivity index (χ3n) is 2.99. The van der Waals surface area contributed by atoms with Crippen molar-refractivity contribution in [3.63, 3.8) is 0 Å². The molecule has 1 heterocycles. The zero-order valence-electron chi connectivity index (χ0n) is 11.3. The van der Waals surface area contributed by atoms with E-state index in [0.29, 0.717) is 11.3 Å². The largest absolute Gasteiger partial charge is 0.494 e. The minimum atomic E-state index is -0.0914. The number of hydrogen-bond donors (Lipinski definition) is 0. The Morgan fingerprint density at radius 1 is 1.21 bits per heavy atom. The summed E-state index contributed by atoms with van der Waals surface area (Å²) in [6.07, 6.45) is 3.21. The van der Waals surface area contributed by atoms with Crippen molar-refractivity contribution in [3.05, 3.63) is 53.9 Å². The number of anilines is 1. The number of carbonyl (C=O) groups excluding carboxylic acids is 1. The minimum Gasteiger partial charge on any atom is -0.494 e. The molecule has 0 saturated heterocycles. The van der Waals surface area contributed by atoms with Gasteiger partial charge in [-0.2, -0.15) is 0 Å². The first-order chi connectivity index (χ1) is 9.15. The number of aromatic nitrogens is 1. The molecule has 0 atom stereocenters. The Kier molecular flexibility index (Phi) is 3.80. The highest BCUT2D eigenvalue weighted by molar-refractivity contribution is 6.06. The Morgan fingerprint density at radius 3 is 2.53 bits per heavy atom. The van der Waals surface area contributed by atoms with E-state index in [4.69, 9.17) is 4.74 Å². The summed E-state index contributed by atoms with van der Waals surface area (Å²) in [6, 6.07) is 9.11. The van der Waals surface area contributed by atoms with Gasteiger partial charge >= 0.3 is 0 Å². The summed E-state index contributed by atoms with van der Waals surface area (Å²) >= 11 is 0. The zero-order valence-corrected chi connectivity index (χ0v) is 11.3. The van der Waals surface area contributed by atoms with E-state index in [0.717, 1.165) is 11.3 Å². The molecule has 19 heavy (non-hydrogen) atoms.